The molecule has 1 aliphatic carbocycles. The molecule has 11 heteroatoms. The van der Waals surface area contributed by atoms with Crippen molar-refractivity contribution >= 4 is 41.3 Å². The van der Waals surface area contributed by atoms with E-state index >= 15 is 0 Å². The maximum Gasteiger partial charge on any atom is 0.315 e. The molecule has 0 aromatic carbocycles. The molecular formula is C35H57N5O5S. The third-order valence-corrected chi connectivity index (χ3v) is 10.7. The first-order valence-corrected chi connectivity index (χ1v) is 17.8. The minimum absolute atomic E-state index is 0.0510. The lowest BCUT2D eigenvalue weighted by Gasteiger charge is -2.49. The summed E-state index contributed by atoms with van der Waals surface area (Å²) >= 11 is 1.80. The first-order valence-electron chi connectivity index (χ1n) is 16.7. The molecule has 258 valence electrons. The van der Waals surface area contributed by atoms with Gasteiger partial charge in [0.1, 0.15) is 12.1 Å². The predicted molar refractivity (Wildman–Crippen MR) is 185 cm³/mol. The van der Waals surface area contributed by atoms with E-state index in [1.165, 1.54) is 6.08 Å². The van der Waals surface area contributed by atoms with Crippen molar-refractivity contribution in [2.75, 3.05) is 24.6 Å². The van der Waals surface area contributed by atoms with Gasteiger partial charge < -0.3 is 26.2 Å². The number of Topliss-reactive ketones (excluding diaryl/α,β-unsaturated/α-hetero) is 1. The summed E-state index contributed by atoms with van der Waals surface area (Å²) < 4.78 is 0. The van der Waals surface area contributed by atoms with Crippen molar-refractivity contribution in [3.8, 4) is 12.3 Å². The molecule has 5 amide bonds. The van der Waals surface area contributed by atoms with E-state index < -0.39 is 41.1 Å². The second-order valence-electron chi connectivity index (χ2n) is 14.6. The monoisotopic (exact) mass is 659 g/mol. The van der Waals surface area contributed by atoms with Crippen LogP contribution < -0.4 is 21.3 Å². The molecule has 2 aliphatic rings. The lowest BCUT2D eigenvalue weighted by molar-refractivity contribution is -0.151. The van der Waals surface area contributed by atoms with Crippen molar-refractivity contribution in [1.29, 1.82) is 0 Å². The number of amides is 5. The molecular weight excluding hydrogens is 602 g/mol. The van der Waals surface area contributed by atoms with Crippen molar-refractivity contribution in [3.63, 3.8) is 0 Å². The SMILES string of the molecule is C#CCCC(NC(=O)[C@@H]1CC(C)(C)C(C)CN1C(=O)[C@@H](NC(=O)NC1(CSCC)CCCCC1)C(C)(C)C)C(=O)C(=O)NCC=C. The lowest BCUT2D eigenvalue weighted by atomic mass is 9.71. The molecule has 0 bridgehead atoms. The molecule has 10 nitrogen and oxygen atoms in total. The molecule has 2 fully saturated rings. The van der Waals surface area contributed by atoms with Gasteiger partial charge in [-0.3, -0.25) is 19.2 Å². The number of terminal acetylenes is 1. The molecule has 2 unspecified atom stereocenters. The van der Waals surface area contributed by atoms with Crippen LogP contribution in [0.5, 0.6) is 0 Å². The van der Waals surface area contributed by atoms with Crippen LogP contribution in [-0.4, -0.2) is 82.7 Å². The molecule has 46 heavy (non-hydrogen) atoms. The number of ketones is 1. The second-order valence-corrected chi connectivity index (χ2v) is 15.9. The highest BCUT2D eigenvalue weighted by Crippen LogP contribution is 2.40. The van der Waals surface area contributed by atoms with Crippen LogP contribution in [0, 0.1) is 29.1 Å². The fraction of sp³-hybridized carbons (Fsp3) is 0.743. The first kappa shape index (κ1) is 39.2. The number of urea groups is 1. The van der Waals surface area contributed by atoms with Crippen molar-refractivity contribution in [3.05, 3.63) is 12.7 Å². The molecule has 0 aromatic heterocycles. The largest absolute Gasteiger partial charge is 0.346 e. The van der Waals surface area contributed by atoms with Crippen LogP contribution in [0.1, 0.15) is 99.8 Å². The van der Waals surface area contributed by atoms with Crippen LogP contribution in [0.4, 0.5) is 4.79 Å². The van der Waals surface area contributed by atoms with E-state index in [2.05, 4.69) is 40.7 Å². The highest BCUT2D eigenvalue weighted by Gasteiger charge is 2.48. The van der Waals surface area contributed by atoms with E-state index in [9.17, 15) is 24.0 Å². The Hall–Kier alpha value is -3.00. The molecule has 2 rings (SSSR count). The quantitative estimate of drug-likeness (QED) is 0.126. The van der Waals surface area contributed by atoms with Gasteiger partial charge in [-0.2, -0.15) is 11.8 Å². The van der Waals surface area contributed by atoms with Gasteiger partial charge in [-0.25, -0.2) is 4.79 Å². The van der Waals surface area contributed by atoms with Crippen molar-refractivity contribution in [1.82, 2.24) is 26.2 Å². The summed E-state index contributed by atoms with van der Waals surface area (Å²) in [5.74, 6) is 1.74. The standard InChI is InChI=1S/C35H57N5O5S/c1-10-13-17-25(27(41)30(43)36-20-11-2)37-29(42)26-21-34(8,9)24(4)22-40(26)31(44)28(33(5,6)7)38-32(45)39-35(23-46-12-3)18-15-14-16-19-35/h1,11,24-26,28H,2,12-23H2,3-9H3,(H,36,43)(H,37,42)(H2,38,39,45)/t24?,25?,26-,28+/m0/s1. The number of hydrogen-bond donors (Lipinski definition) is 4. The Labute approximate surface area is 280 Å². The van der Waals surface area contributed by atoms with Gasteiger partial charge in [0.05, 0.1) is 11.6 Å². The van der Waals surface area contributed by atoms with Gasteiger partial charge in [0.25, 0.3) is 5.91 Å². The summed E-state index contributed by atoms with van der Waals surface area (Å²) in [6.07, 6.45) is 12.5. The van der Waals surface area contributed by atoms with Crippen LogP contribution >= 0.6 is 11.8 Å². The second kappa shape index (κ2) is 17.2. The Balaban J connectivity index is 2.36. The third kappa shape index (κ3) is 10.8. The molecule has 0 spiro atoms. The number of likely N-dealkylation sites (tertiary alicyclic amines) is 1. The summed E-state index contributed by atoms with van der Waals surface area (Å²) in [6.45, 7) is 17.9. The fourth-order valence-electron chi connectivity index (χ4n) is 6.19. The number of hydrogen-bond acceptors (Lipinski definition) is 6. The molecule has 1 heterocycles. The summed E-state index contributed by atoms with van der Waals surface area (Å²) in [4.78, 5) is 69.0. The van der Waals surface area contributed by atoms with E-state index in [1.54, 1.807) is 16.7 Å². The number of thioether (sulfide) groups is 1. The Morgan fingerprint density at radius 3 is 2.33 bits per heavy atom. The van der Waals surface area contributed by atoms with Gasteiger partial charge in [0.2, 0.25) is 17.6 Å². The topological polar surface area (TPSA) is 137 Å². The Morgan fingerprint density at radius 1 is 1.11 bits per heavy atom. The lowest BCUT2D eigenvalue weighted by Crippen LogP contribution is -2.66. The molecule has 4 atom stereocenters. The zero-order valence-corrected chi connectivity index (χ0v) is 29.9. The van der Waals surface area contributed by atoms with Crippen molar-refractivity contribution in [2.45, 2.75) is 123 Å². The van der Waals surface area contributed by atoms with Gasteiger partial charge in [-0.15, -0.1) is 18.9 Å². The highest BCUT2D eigenvalue weighted by atomic mass is 32.2. The number of piperidine rings is 1. The summed E-state index contributed by atoms with van der Waals surface area (Å²) in [5, 5.41) is 11.5. The minimum atomic E-state index is -1.15. The number of carbonyl (C=O) groups is 5. The molecule has 4 N–H and O–H groups in total. The summed E-state index contributed by atoms with van der Waals surface area (Å²) in [7, 11) is 0. The predicted octanol–water partition coefficient (Wildman–Crippen LogP) is 4.19. The number of rotatable bonds is 14. The Morgan fingerprint density at radius 2 is 1.76 bits per heavy atom. The average Bonchev–Trinajstić information content (AvgIpc) is 2.99. The van der Waals surface area contributed by atoms with E-state index in [4.69, 9.17) is 6.42 Å². The Kier molecular flexibility index (Phi) is 14.7. The summed E-state index contributed by atoms with van der Waals surface area (Å²) in [6, 6.07) is -3.37. The first-order chi connectivity index (χ1) is 21.5. The van der Waals surface area contributed by atoms with Gasteiger partial charge in [-0.1, -0.05) is 73.8 Å². The van der Waals surface area contributed by atoms with Crippen LogP contribution in [0.3, 0.4) is 0 Å². The smallest absolute Gasteiger partial charge is 0.315 e. The Bertz CT molecular complexity index is 1150. The van der Waals surface area contributed by atoms with Crippen LogP contribution in [0.25, 0.3) is 0 Å². The molecule has 1 saturated carbocycles. The van der Waals surface area contributed by atoms with E-state index in [0.717, 1.165) is 43.6 Å². The number of nitrogens with zero attached hydrogens (tertiary/aromatic N) is 1. The maximum atomic E-state index is 14.4. The fourth-order valence-corrected chi connectivity index (χ4v) is 7.14. The molecule has 0 aromatic rings. The number of carbonyl (C=O) groups excluding carboxylic acids is 5. The van der Waals surface area contributed by atoms with Crippen molar-refractivity contribution in [2.24, 2.45) is 16.7 Å². The zero-order valence-electron chi connectivity index (χ0n) is 29.1. The minimum Gasteiger partial charge on any atom is -0.346 e. The molecule has 1 saturated heterocycles. The van der Waals surface area contributed by atoms with E-state index in [1.807, 2.05) is 41.5 Å². The third-order valence-electron chi connectivity index (χ3n) is 9.49. The number of nitrogens with one attached hydrogen (secondary N) is 4. The maximum absolute atomic E-state index is 14.4. The van der Waals surface area contributed by atoms with Gasteiger partial charge >= 0.3 is 6.03 Å². The van der Waals surface area contributed by atoms with Crippen LogP contribution in [-0.2, 0) is 19.2 Å². The van der Waals surface area contributed by atoms with Gasteiger partial charge in [0, 0.05) is 25.3 Å². The molecule has 0 radical (unpaired) electrons. The zero-order chi connectivity index (χ0) is 34.7. The van der Waals surface area contributed by atoms with Crippen molar-refractivity contribution < 1.29 is 24.0 Å². The summed E-state index contributed by atoms with van der Waals surface area (Å²) in [5.41, 5.74) is -1.29. The van der Waals surface area contributed by atoms with Gasteiger partial charge in [0.15, 0.2) is 0 Å². The van der Waals surface area contributed by atoms with E-state index in [0.29, 0.717) is 13.0 Å². The average molecular weight is 660 g/mol. The normalized spacial score (nSPS) is 21.9. The van der Waals surface area contributed by atoms with Gasteiger partial charge in [-0.05, 0) is 48.2 Å². The highest BCUT2D eigenvalue weighted by molar-refractivity contribution is 7.99. The van der Waals surface area contributed by atoms with E-state index in [-0.39, 0.29) is 48.2 Å². The molecule has 1 aliphatic heterocycles. The van der Waals surface area contributed by atoms with Crippen LogP contribution in [0.2, 0.25) is 0 Å². The van der Waals surface area contributed by atoms with Crippen LogP contribution in [0.15, 0.2) is 12.7 Å².